The van der Waals surface area contributed by atoms with Gasteiger partial charge in [-0.2, -0.15) is 0 Å². The first-order chi connectivity index (χ1) is 30.3. The van der Waals surface area contributed by atoms with E-state index < -0.39 is 5.41 Å². The van der Waals surface area contributed by atoms with Crippen molar-refractivity contribution in [3.05, 3.63) is 259 Å². The van der Waals surface area contributed by atoms with Crippen molar-refractivity contribution in [3.8, 4) is 56.0 Å². The molecule has 0 radical (unpaired) electrons. The quantitative estimate of drug-likeness (QED) is 0.167. The number of hydrogen-bond donors (Lipinski definition) is 0. The molecule has 286 valence electrons. The molecule has 0 bridgehead atoms. The first-order valence-electron chi connectivity index (χ1n) is 21.0. The van der Waals surface area contributed by atoms with E-state index in [0.717, 1.165) is 34.1 Å². The highest BCUT2D eigenvalue weighted by Crippen LogP contribution is 2.63. The molecule has 2 aliphatic rings. The predicted molar refractivity (Wildman–Crippen MR) is 252 cm³/mol. The third-order valence-corrected chi connectivity index (χ3v) is 12.7. The van der Waals surface area contributed by atoms with Crippen LogP contribution in [0.15, 0.2) is 237 Å². The fraction of sp³-hybridized carbons (Fsp3) is 0.0169. The second-order valence-electron chi connectivity index (χ2n) is 16.0. The van der Waals surface area contributed by atoms with Crippen LogP contribution in [0.5, 0.6) is 11.5 Å². The molecule has 1 heterocycles. The van der Waals surface area contributed by atoms with Crippen LogP contribution >= 0.6 is 0 Å². The minimum absolute atomic E-state index is 0.523. The highest BCUT2D eigenvalue weighted by molar-refractivity contribution is 6.05. The van der Waals surface area contributed by atoms with Crippen molar-refractivity contribution in [2.24, 2.45) is 0 Å². The molecule has 0 atom stereocenters. The molecular weight excluding hydrogens is 739 g/mol. The standard InChI is InChI=1S/C59H39NO/c1-3-15-40(16-4-1)41-27-33-46(34-28-41)60(55-24-12-9-20-48(55)43-17-5-2-6-18-43)47-35-29-42(30-36-47)45-32-37-51-50(39-45)58-49-21-8-7-19-44(49)31-38-54(58)59(51)52-22-10-13-25-56(52)61-57-26-14-11-23-53(57)59/h1-39H. The van der Waals surface area contributed by atoms with Crippen molar-refractivity contribution in [2.75, 3.05) is 4.90 Å². The van der Waals surface area contributed by atoms with Gasteiger partial charge in [-0.1, -0.05) is 188 Å². The minimum atomic E-state index is -0.523. The number of ether oxygens (including phenoxy) is 1. The molecule has 0 N–H and O–H groups in total. The number of nitrogens with zero attached hydrogens (tertiary/aromatic N) is 1. The first-order valence-corrected chi connectivity index (χ1v) is 21.0. The van der Waals surface area contributed by atoms with Crippen molar-refractivity contribution >= 4 is 27.8 Å². The molecule has 1 aliphatic heterocycles. The van der Waals surface area contributed by atoms with Gasteiger partial charge in [-0.05, 0) is 109 Å². The highest BCUT2D eigenvalue weighted by atomic mass is 16.5. The molecule has 61 heavy (non-hydrogen) atoms. The Morgan fingerprint density at radius 2 is 0.836 bits per heavy atom. The molecule has 2 heteroatoms. The highest BCUT2D eigenvalue weighted by Gasteiger charge is 2.51. The van der Waals surface area contributed by atoms with E-state index in [1.165, 1.54) is 72.0 Å². The summed E-state index contributed by atoms with van der Waals surface area (Å²) in [7, 11) is 0. The van der Waals surface area contributed by atoms with Crippen LogP contribution < -0.4 is 9.64 Å². The third-order valence-electron chi connectivity index (χ3n) is 12.7. The summed E-state index contributed by atoms with van der Waals surface area (Å²) in [6.45, 7) is 0. The molecule has 2 nitrogen and oxygen atoms in total. The zero-order chi connectivity index (χ0) is 40.3. The molecule has 0 saturated heterocycles. The van der Waals surface area contributed by atoms with E-state index >= 15 is 0 Å². The Bertz CT molecular complexity index is 3210. The van der Waals surface area contributed by atoms with Crippen LogP contribution in [0, 0.1) is 0 Å². The lowest BCUT2D eigenvalue weighted by Gasteiger charge is -2.39. The van der Waals surface area contributed by atoms with E-state index in [0.29, 0.717) is 0 Å². The average molecular weight is 778 g/mol. The summed E-state index contributed by atoms with van der Waals surface area (Å²) < 4.78 is 6.62. The zero-order valence-corrected chi connectivity index (χ0v) is 33.4. The predicted octanol–water partition coefficient (Wildman–Crippen LogP) is 15.8. The lowest BCUT2D eigenvalue weighted by atomic mass is 9.66. The van der Waals surface area contributed by atoms with E-state index in [9.17, 15) is 0 Å². The number of fused-ring (bicyclic) bond motifs is 11. The summed E-state index contributed by atoms with van der Waals surface area (Å²) in [4.78, 5) is 2.38. The van der Waals surface area contributed by atoms with Gasteiger partial charge < -0.3 is 9.64 Å². The smallest absolute Gasteiger partial charge is 0.132 e. The molecule has 10 aromatic carbocycles. The van der Waals surface area contributed by atoms with Crippen LogP contribution in [0.25, 0.3) is 55.3 Å². The van der Waals surface area contributed by atoms with Crippen LogP contribution in [0.1, 0.15) is 22.3 Å². The number of hydrogen-bond acceptors (Lipinski definition) is 2. The summed E-state index contributed by atoms with van der Waals surface area (Å²) in [5.74, 6) is 1.81. The Labute approximate surface area is 356 Å². The topological polar surface area (TPSA) is 12.5 Å². The maximum Gasteiger partial charge on any atom is 0.132 e. The summed E-state index contributed by atoms with van der Waals surface area (Å²) in [6.07, 6.45) is 0. The van der Waals surface area contributed by atoms with Crippen molar-refractivity contribution < 1.29 is 4.74 Å². The zero-order valence-electron chi connectivity index (χ0n) is 33.4. The summed E-state index contributed by atoms with van der Waals surface area (Å²) in [5, 5.41) is 2.50. The molecular formula is C59H39NO. The van der Waals surface area contributed by atoms with Gasteiger partial charge in [0.05, 0.1) is 11.1 Å². The maximum atomic E-state index is 6.62. The number of rotatable bonds is 6. The minimum Gasteiger partial charge on any atom is -0.457 e. The largest absolute Gasteiger partial charge is 0.457 e. The number of para-hydroxylation sites is 3. The van der Waals surface area contributed by atoms with Gasteiger partial charge >= 0.3 is 0 Å². The molecule has 0 fully saturated rings. The van der Waals surface area contributed by atoms with E-state index in [1.54, 1.807) is 0 Å². The Balaban J connectivity index is 1.01. The maximum absolute atomic E-state index is 6.62. The molecule has 0 saturated carbocycles. The summed E-state index contributed by atoms with van der Waals surface area (Å²) >= 11 is 0. The Morgan fingerprint density at radius 3 is 1.52 bits per heavy atom. The Kier molecular flexibility index (Phi) is 8.11. The average Bonchev–Trinajstić information content (AvgIpc) is 3.63. The van der Waals surface area contributed by atoms with E-state index in [-0.39, 0.29) is 0 Å². The van der Waals surface area contributed by atoms with Gasteiger partial charge in [-0.3, -0.25) is 0 Å². The summed E-state index contributed by atoms with van der Waals surface area (Å²) in [5.41, 5.74) is 17.4. The van der Waals surface area contributed by atoms with Gasteiger partial charge in [0.15, 0.2) is 0 Å². The number of benzene rings is 10. The second kappa shape index (κ2) is 14.1. The van der Waals surface area contributed by atoms with Gasteiger partial charge in [-0.15, -0.1) is 0 Å². The van der Waals surface area contributed by atoms with Crippen LogP contribution in [0.2, 0.25) is 0 Å². The molecule has 1 aliphatic carbocycles. The molecule has 0 aromatic heterocycles. The van der Waals surface area contributed by atoms with Crippen LogP contribution in [-0.2, 0) is 5.41 Å². The van der Waals surface area contributed by atoms with Crippen LogP contribution in [-0.4, -0.2) is 0 Å². The molecule has 0 amide bonds. The fourth-order valence-electron chi connectivity index (χ4n) is 10.0. The number of anilines is 3. The fourth-order valence-corrected chi connectivity index (χ4v) is 10.0. The van der Waals surface area contributed by atoms with Gasteiger partial charge in [0.25, 0.3) is 0 Å². The van der Waals surface area contributed by atoms with E-state index in [4.69, 9.17) is 4.74 Å². The molecule has 12 rings (SSSR count). The second-order valence-corrected chi connectivity index (χ2v) is 16.0. The van der Waals surface area contributed by atoms with Crippen molar-refractivity contribution in [1.29, 1.82) is 0 Å². The monoisotopic (exact) mass is 777 g/mol. The van der Waals surface area contributed by atoms with Crippen molar-refractivity contribution in [1.82, 2.24) is 0 Å². The Hall–Kier alpha value is -7.94. The summed E-state index contributed by atoms with van der Waals surface area (Å²) in [6, 6.07) is 85.7. The SMILES string of the molecule is c1ccc(-c2ccc(N(c3ccc(-c4ccc5c(c4)-c4c(ccc6ccccc46)C54c5ccccc5Oc5ccccc54)cc3)c3ccccc3-c3ccccc3)cc2)cc1. The van der Waals surface area contributed by atoms with E-state index in [1.807, 2.05) is 0 Å². The van der Waals surface area contributed by atoms with Crippen LogP contribution in [0.3, 0.4) is 0 Å². The van der Waals surface area contributed by atoms with Crippen LogP contribution in [0.4, 0.5) is 17.1 Å². The van der Waals surface area contributed by atoms with Gasteiger partial charge in [0.2, 0.25) is 0 Å². The normalized spacial score (nSPS) is 12.9. The lowest BCUT2D eigenvalue weighted by molar-refractivity contribution is 0.436. The van der Waals surface area contributed by atoms with Crippen molar-refractivity contribution in [2.45, 2.75) is 5.41 Å². The molecule has 10 aromatic rings. The van der Waals surface area contributed by atoms with Crippen molar-refractivity contribution in [3.63, 3.8) is 0 Å². The third kappa shape index (κ3) is 5.50. The van der Waals surface area contributed by atoms with Gasteiger partial charge in [0.1, 0.15) is 11.5 Å². The lowest BCUT2D eigenvalue weighted by Crippen LogP contribution is -2.32. The first kappa shape index (κ1) is 35.0. The van der Waals surface area contributed by atoms with Gasteiger partial charge in [0, 0.05) is 28.1 Å². The molecule has 1 spiro atoms. The van der Waals surface area contributed by atoms with Gasteiger partial charge in [-0.25, -0.2) is 0 Å². The Morgan fingerprint density at radius 1 is 0.328 bits per heavy atom. The van der Waals surface area contributed by atoms with E-state index in [2.05, 4.69) is 241 Å². The molecule has 0 unspecified atom stereocenters.